The first-order valence-electron chi connectivity index (χ1n) is 9.56. The van der Waals surface area contributed by atoms with Crippen molar-refractivity contribution in [1.29, 1.82) is 0 Å². The molecule has 4 rings (SSSR count). The molecule has 2 heterocycles. The Morgan fingerprint density at radius 3 is 2.62 bits per heavy atom. The van der Waals surface area contributed by atoms with E-state index in [9.17, 15) is 5.11 Å². The molecule has 1 saturated carbocycles. The maximum atomic E-state index is 10.6. The SMILES string of the molecule is O[C@H]1CN(C2CCCCCC2)C[C@H]1Cc1ccnc2ccccc12. The van der Waals surface area contributed by atoms with E-state index in [1.165, 1.54) is 49.5 Å². The van der Waals surface area contributed by atoms with E-state index in [1.54, 1.807) is 0 Å². The zero-order valence-corrected chi connectivity index (χ0v) is 14.4. The molecule has 3 heteroatoms. The van der Waals surface area contributed by atoms with E-state index in [0.717, 1.165) is 25.0 Å². The van der Waals surface area contributed by atoms with Gasteiger partial charge in [0.2, 0.25) is 0 Å². The van der Waals surface area contributed by atoms with Gasteiger partial charge in [0.05, 0.1) is 11.6 Å². The van der Waals surface area contributed by atoms with Gasteiger partial charge in [-0.15, -0.1) is 0 Å². The van der Waals surface area contributed by atoms with Crippen molar-refractivity contribution < 1.29 is 5.11 Å². The number of likely N-dealkylation sites (tertiary alicyclic amines) is 1. The van der Waals surface area contributed by atoms with Crippen molar-refractivity contribution in [2.24, 2.45) is 5.92 Å². The number of fused-ring (bicyclic) bond motifs is 1. The third kappa shape index (κ3) is 3.33. The maximum Gasteiger partial charge on any atom is 0.0710 e. The van der Waals surface area contributed by atoms with Crippen LogP contribution in [-0.4, -0.2) is 40.2 Å². The van der Waals surface area contributed by atoms with Crippen LogP contribution in [0.1, 0.15) is 44.1 Å². The highest BCUT2D eigenvalue weighted by Gasteiger charge is 2.35. The van der Waals surface area contributed by atoms with Crippen molar-refractivity contribution in [3.8, 4) is 0 Å². The van der Waals surface area contributed by atoms with E-state index >= 15 is 0 Å². The molecule has 3 nitrogen and oxygen atoms in total. The number of hydrogen-bond donors (Lipinski definition) is 1. The highest BCUT2D eigenvalue weighted by Crippen LogP contribution is 2.30. The minimum absolute atomic E-state index is 0.194. The Morgan fingerprint density at radius 1 is 1.00 bits per heavy atom. The zero-order chi connectivity index (χ0) is 16.4. The first-order valence-corrected chi connectivity index (χ1v) is 9.56. The van der Waals surface area contributed by atoms with Gasteiger partial charge in [-0.3, -0.25) is 9.88 Å². The standard InChI is InChI=1S/C21H28N2O/c24-21-15-23(18-7-3-1-2-4-8-18)14-17(21)13-16-11-12-22-20-10-6-5-9-19(16)20/h5-6,9-12,17-18,21,24H,1-4,7-8,13-15H2/t17-,21+/m1/s1. The number of benzene rings is 1. The van der Waals surface area contributed by atoms with Crippen LogP contribution in [0.5, 0.6) is 0 Å². The fraction of sp³-hybridized carbons (Fsp3) is 0.571. The summed E-state index contributed by atoms with van der Waals surface area (Å²) in [6.45, 7) is 1.90. The molecule has 0 radical (unpaired) electrons. The molecular weight excluding hydrogens is 296 g/mol. The second-order valence-electron chi connectivity index (χ2n) is 7.62. The number of aromatic nitrogens is 1. The number of aliphatic hydroxyl groups excluding tert-OH is 1. The monoisotopic (exact) mass is 324 g/mol. The van der Waals surface area contributed by atoms with Gasteiger partial charge >= 0.3 is 0 Å². The average Bonchev–Trinajstić information content (AvgIpc) is 2.82. The van der Waals surface area contributed by atoms with Crippen LogP contribution >= 0.6 is 0 Å². The van der Waals surface area contributed by atoms with Crippen molar-refractivity contribution >= 4 is 10.9 Å². The highest BCUT2D eigenvalue weighted by molar-refractivity contribution is 5.81. The highest BCUT2D eigenvalue weighted by atomic mass is 16.3. The van der Waals surface area contributed by atoms with Gasteiger partial charge in [-0.05, 0) is 37.0 Å². The molecular formula is C21H28N2O. The smallest absolute Gasteiger partial charge is 0.0710 e. The molecule has 2 fully saturated rings. The van der Waals surface area contributed by atoms with E-state index < -0.39 is 0 Å². The van der Waals surface area contributed by atoms with Crippen molar-refractivity contribution in [1.82, 2.24) is 9.88 Å². The molecule has 0 amide bonds. The number of rotatable bonds is 3. The predicted octanol–water partition coefficient (Wildman–Crippen LogP) is 3.79. The van der Waals surface area contributed by atoms with Crippen molar-refractivity contribution in [3.05, 3.63) is 42.1 Å². The van der Waals surface area contributed by atoms with E-state index in [1.807, 2.05) is 12.3 Å². The lowest BCUT2D eigenvalue weighted by Crippen LogP contribution is -2.33. The van der Waals surface area contributed by atoms with Crippen molar-refractivity contribution in [3.63, 3.8) is 0 Å². The number of β-amino-alcohol motifs (C(OH)–C–C–N with tert-alkyl or cyclic N) is 1. The van der Waals surface area contributed by atoms with Gasteiger partial charge in [-0.2, -0.15) is 0 Å². The summed E-state index contributed by atoms with van der Waals surface area (Å²) in [5.41, 5.74) is 2.38. The second-order valence-corrected chi connectivity index (χ2v) is 7.62. The molecule has 2 atom stereocenters. The minimum atomic E-state index is -0.194. The molecule has 24 heavy (non-hydrogen) atoms. The fourth-order valence-corrected chi connectivity index (χ4v) is 4.62. The third-order valence-corrected chi connectivity index (χ3v) is 6.00. The lowest BCUT2D eigenvalue weighted by Gasteiger charge is -2.26. The van der Waals surface area contributed by atoms with Crippen LogP contribution in [0.4, 0.5) is 0 Å². The lowest BCUT2D eigenvalue weighted by atomic mass is 9.94. The molecule has 1 aliphatic carbocycles. The molecule has 0 bridgehead atoms. The molecule has 1 aliphatic heterocycles. The molecule has 1 aromatic heterocycles. The summed E-state index contributed by atoms with van der Waals surface area (Å²) in [5, 5.41) is 11.9. The summed E-state index contributed by atoms with van der Waals surface area (Å²) < 4.78 is 0. The second kappa shape index (κ2) is 7.20. The number of aliphatic hydroxyl groups is 1. The molecule has 0 spiro atoms. The van der Waals surface area contributed by atoms with Gasteiger partial charge < -0.3 is 5.11 Å². The molecule has 1 N–H and O–H groups in total. The Bertz CT molecular complexity index is 673. The van der Waals surface area contributed by atoms with Gasteiger partial charge in [0, 0.05) is 36.6 Å². The van der Waals surface area contributed by atoms with Gasteiger partial charge in [0.1, 0.15) is 0 Å². The minimum Gasteiger partial charge on any atom is -0.391 e. The summed E-state index contributed by atoms with van der Waals surface area (Å²) in [4.78, 5) is 7.03. The molecule has 0 unspecified atom stereocenters. The van der Waals surface area contributed by atoms with E-state index in [0.29, 0.717) is 12.0 Å². The van der Waals surface area contributed by atoms with Crippen LogP contribution in [-0.2, 0) is 6.42 Å². The Balaban J connectivity index is 1.48. The average molecular weight is 324 g/mol. The molecule has 1 saturated heterocycles. The number of pyridine rings is 1. The van der Waals surface area contributed by atoms with E-state index in [4.69, 9.17) is 0 Å². The molecule has 1 aromatic carbocycles. The fourth-order valence-electron chi connectivity index (χ4n) is 4.62. The third-order valence-electron chi connectivity index (χ3n) is 6.00. The van der Waals surface area contributed by atoms with Crippen molar-refractivity contribution in [2.75, 3.05) is 13.1 Å². The van der Waals surface area contributed by atoms with Crippen LogP contribution < -0.4 is 0 Å². The first kappa shape index (κ1) is 16.0. The summed E-state index contributed by atoms with van der Waals surface area (Å²) in [6, 6.07) is 11.2. The first-order chi connectivity index (χ1) is 11.8. The Hall–Kier alpha value is -1.45. The van der Waals surface area contributed by atoms with Gasteiger partial charge in [0.25, 0.3) is 0 Å². The maximum absolute atomic E-state index is 10.6. The molecule has 128 valence electrons. The van der Waals surface area contributed by atoms with Gasteiger partial charge in [-0.1, -0.05) is 43.9 Å². The Morgan fingerprint density at radius 2 is 1.79 bits per heavy atom. The normalized spacial score (nSPS) is 26.7. The Kier molecular flexibility index (Phi) is 4.81. The van der Waals surface area contributed by atoms with Crippen LogP contribution in [0.15, 0.2) is 36.5 Å². The summed E-state index contributed by atoms with van der Waals surface area (Å²) in [6.07, 6.45) is 10.8. The topological polar surface area (TPSA) is 36.4 Å². The predicted molar refractivity (Wildman–Crippen MR) is 98.0 cm³/mol. The summed E-state index contributed by atoms with van der Waals surface area (Å²) in [5.74, 6) is 0.346. The Labute approximate surface area is 144 Å². The lowest BCUT2D eigenvalue weighted by molar-refractivity contribution is 0.133. The van der Waals surface area contributed by atoms with E-state index in [2.05, 4.69) is 34.1 Å². The van der Waals surface area contributed by atoms with Crippen LogP contribution in [0.2, 0.25) is 0 Å². The van der Waals surface area contributed by atoms with Crippen LogP contribution in [0.25, 0.3) is 10.9 Å². The van der Waals surface area contributed by atoms with Crippen molar-refractivity contribution in [2.45, 2.75) is 57.1 Å². The quantitative estimate of drug-likeness (QED) is 0.873. The molecule has 2 aliphatic rings. The summed E-state index contributed by atoms with van der Waals surface area (Å²) >= 11 is 0. The van der Waals surface area contributed by atoms with Crippen LogP contribution in [0.3, 0.4) is 0 Å². The summed E-state index contributed by atoms with van der Waals surface area (Å²) in [7, 11) is 0. The number of para-hydroxylation sites is 1. The number of nitrogens with zero attached hydrogens (tertiary/aromatic N) is 2. The largest absolute Gasteiger partial charge is 0.391 e. The number of hydrogen-bond acceptors (Lipinski definition) is 3. The van der Waals surface area contributed by atoms with Gasteiger partial charge in [0.15, 0.2) is 0 Å². The van der Waals surface area contributed by atoms with Gasteiger partial charge in [-0.25, -0.2) is 0 Å². The molecule has 2 aromatic rings. The van der Waals surface area contributed by atoms with E-state index in [-0.39, 0.29) is 6.10 Å². The zero-order valence-electron chi connectivity index (χ0n) is 14.4. The van der Waals surface area contributed by atoms with Crippen LogP contribution in [0, 0.1) is 5.92 Å².